The van der Waals surface area contributed by atoms with E-state index in [0.717, 1.165) is 43.0 Å². The molecule has 0 bridgehead atoms. The Morgan fingerprint density at radius 3 is 2.52 bits per heavy atom. The van der Waals surface area contributed by atoms with Gasteiger partial charge in [-0.1, -0.05) is 12.8 Å². The second-order valence-corrected chi connectivity index (χ2v) is 7.19. The zero-order valence-electron chi connectivity index (χ0n) is 14.9. The van der Waals surface area contributed by atoms with Gasteiger partial charge in [-0.05, 0) is 51.0 Å². The van der Waals surface area contributed by atoms with E-state index in [4.69, 9.17) is 0 Å². The summed E-state index contributed by atoms with van der Waals surface area (Å²) in [5.41, 5.74) is 2.35. The number of fused-ring (bicyclic) bond motifs is 1. The molecule has 2 aliphatic rings. The zero-order chi connectivity index (χ0) is 16.2. The molecule has 0 aromatic carbocycles. The number of hydrogen-bond acceptors (Lipinski definition) is 2. The van der Waals surface area contributed by atoms with Crippen LogP contribution in [-0.2, 0) is 6.54 Å². The van der Waals surface area contributed by atoms with Crippen LogP contribution in [0.4, 0.5) is 0 Å². The van der Waals surface area contributed by atoms with Crippen LogP contribution in [0.15, 0.2) is 11.1 Å². The SMILES string of the molecule is CN=C(NCCCn1nc(C)cc1C)N1CC2CCCCC2C1. The third-order valence-corrected chi connectivity index (χ3v) is 5.42. The number of aliphatic imine (C=N–C) groups is 1. The first kappa shape index (κ1) is 16.3. The average Bonchev–Trinajstić information content (AvgIpc) is 3.10. The Hall–Kier alpha value is -1.52. The molecule has 23 heavy (non-hydrogen) atoms. The molecule has 3 rings (SSSR count). The smallest absolute Gasteiger partial charge is 0.193 e. The zero-order valence-corrected chi connectivity index (χ0v) is 14.9. The quantitative estimate of drug-likeness (QED) is 0.527. The van der Waals surface area contributed by atoms with Gasteiger partial charge >= 0.3 is 0 Å². The molecule has 1 aliphatic heterocycles. The van der Waals surface area contributed by atoms with Gasteiger partial charge in [0.1, 0.15) is 0 Å². The summed E-state index contributed by atoms with van der Waals surface area (Å²) in [6, 6.07) is 2.14. The lowest BCUT2D eigenvalue weighted by Crippen LogP contribution is -2.40. The molecule has 1 saturated carbocycles. The van der Waals surface area contributed by atoms with Crippen LogP contribution < -0.4 is 5.32 Å². The molecule has 1 aromatic rings. The first-order valence-electron chi connectivity index (χ1n) is 9.14. The van der Waals surface area contributed by atoms with Gasteiger partial charge in [0.25, 0.3) is 0 Å². The molecule has 1 saturated heterocycles. The van der Waals surface area contributed by atoms with E-state index in [0.29, 0.717) is 0 Å². The molecule has 1 aliphatic carbocycles. The van der Waals surface area contributed by atoms with Crippen LogP contribution in [0.2, 0.25) is 0 Å². The van der Waals surface area contributed by atoms with Crippen molar-refractivity contribution in [3.63, 3.8) is 0 Å². The highest BCUT2D eigenvalue weighted by atomic mass is 15.3. The maximum absolute atomic E-state index is 4.52. The first-order valence-corrected chi connectivity index (χ1v) is 9.14. The summed E-state index contributed by atoms with van der Waals surface area (Å²) in [4.78, 5) is 6.98. The molecule has 2 heterocycles. The Kier molecular flexibility index (Phi) is 5.23. The molecule has 2 atom stereocenters. The number of guanidine groups is 1. The molecular formula is C18H31N5. The minimum absolute atomic E-state index is 0.900. The molecule has 0 radical (unpaired) electrons. The maximum atomic E-state index is 4.52. The lowest BCUT2D eigenvalue weighted by molar-refractivity contribution is 0.299. The molecule has 5 heteroatoms. The van der Waals surface area contributed by atoms with E-state index < -0.39 is 0 Å². The van der Waals surface area contributed by atoms with Crippen LogP contribution in [0.5, 0.6) is 0 Å². The van der Waals surface area contributed by atoms with Crippen molar-refractivity contribution < 1.29 is 0 Å². The molecule has 2 fully saturated rings. The van der Waals surface area contributed by atoms with Crippen molar-refractivity contribution in [3.05, 3.63) is 17.5 Å². The molecule has 1 N–H and O–H groups in total. The Bertz CT molecular complexity index is 534. The normalized spacial score (nSPS) is 24.8. The monoisotopic (exact) mass is 317 g/mol. The minimum atomic E-state index is 0.900. The van der Waals surface area contributed by atoms with Crippen LogP contribution in [-0.4, -0.2) is 47.3 Å². The van der Waals surface area contributed by atoms with Crippen molar-refractivity contribution in [2.75, 3.05) is 26.7 Å². The van der Waals surface area contributed by atoms with Crippen LogP contribution >= 0.6 is 0 Å². The summed E-state index contributed by atoms with van der Waals surface area (Å²) in [7, 11) is 1.91. The predicted octanol–water partition coefficient (Wildman–Crippen LogP) is 2.59. The number of likely N-dealkylation sites (tertiary alicyclic amines) is 1. The van der Waals surface area contributed by atoms with Gasteiger partial charge in [0.15, 0.2) is 5.96 Å². The van der Waals surface area contributed by atoms with E-state index in [2.05, 4.69) is 44.9 Å². The summed E-state index contributed by atoms with van der Waals surface area (Å²) in [6.07, 6.45) is 6.74. The van der Waals surface area contributed by atoms with Gasteiger partial charge in [-0.25, -0.2) is 0 Å². The van der Waals surface area contributed by atoms with Crippen molar-refractivity contribution in [3.8, 4) is 0 Å². The van der Waals surface area contributed by atoms with E-state index in [1.807, 2.05) is 7.05 Å². The highest BCUT2D eigenvalue weighted by Gasteiger charge is 2.35. The molecular weight excluding hydrogens is 286 g/mol. The van der Waals surface area contributed by atoms with Gasteiger partial charge in [-0.3, -0.25) is 9.67 Å². The Labute approximate surface area is 140 Å². The summed E-state index contributed by atoms with van der Waals surface area (Å²) in [5.74, 6) is 2.89. The fourth-order valence-electron chi connectivity index (χ4n) is 4.24. The van der Waals surface area contributed by atoms with E-state index in [-0.39, 0.29) is 0 Å². The van der Waals surface area contributed by atoms with Crippen molar-refractivity contribution in [2.24, 2.45) is 16.8 Å². The predicted molar refractivity (Wildman–Crippen MR) is 94.7 cm³/mol. The fraction of sp³-hybridized carbons (Fsp3) is 0.778. The minimum Gasteiger partial charge on any atom is -0.356 e. The molecule has 1 aromatic heterocycles. The van der Waals surface area contributed by atoms with Gasteiger partial charge in [-0.15, -0.1) is 0 Å². The van der Waals surface area contributed by atoms with Gasteiger partial charge in [0.05, 0.1) is 5.69 Å². The third kappa shape index (κ3) is 3.88. The Balaban J connectivity index is 1.44. The van der Waals surface area contributed by atoms with Gasteiger partial charge in [0, 0.05) is 38.9 Å². The van der Waals surface area contributed by atoms with Crippen LogP contribution in [0, 0.1) is 25.7 Å². The number of rotatable bonds is 4. The van der Waals surface area contributed by atoms with Crippen molar-refractivity contribution >= 4 is 5.96 Å². The summed E-state index contributed by atoms with van der Waals surface area (Å²) in [6.45, 7) is 8.49. The molecule has 2 unspecified atom stereocenters. The molecule has 0 spiro atoms. The Morgan fingerprint density at radius 1 is 1.26 bits per heavy atom. The number of aryl methyl sites for hydroxylation is 3. The summed E-state index contributed by atoms with van der Waals surface area (Å²) < 4.78 is 2.10. The van der Waals surface area contributed by atoms with Crippen molar-refractivity contribution in [1.82, 2.24) is 20.0 Å². The molecule has 128 valence electrons. The maximum Gasteiger partial charge on any atom is 0.193 e. The van der Waals surface area contributed by atoms with Gasteiger partial charge in [0.2, 0.25) is 0 Å². The van der Waals surface area contributed by atoms with Crippen molar-refractivity contribution in [2.45, 2.75) is 52.5 Å². The van der Waals surface area contributed by atoms with E-state index >= 15 is 0 Å². The lowest BCUT2D eigenvalue weighted by atomic mass is 9.82. The largest absolute Gasteiger partial charge is 0.356 e. The first-order chi connectivity index (χ1) is 11.2. The molecule has 0 amide bonds. The standard InChI is InChI=1S/C18H31N5/c1-14-11-15(2)23(21-14)10-6-9-20-18(19-3)22-12-16-7-4-5-8-17(16)13-22/h11,16-17H,4-10,12-13H2,1-3H3,(H,19,20). The second-order valence-electron chi connectivity index (χ2n) is 7.19. The third-order valence-electron chi connectivity index (χ3n) is 5.42. The van der Waals surface area contributed by atoms with Gasteiger partial charge < -0.3 is 10.2 Å². The number of nitrogens with one attached hydrogen (secondary N) is 1. The van der Waals surface area contributed by atoms with Crippen LogP contribution in [0.3, 0.4) is 0 Å². The van der Waals surface area contributed by atoms with E-state index in [1.165, 1.54) is 44.5 Å². The second kappa shape index (κ2) is 7.37. The highest BCUT2D eigenvalue weighted by molar-refractivity contribution is 5.80. The van der Waals surface area contributed by atoms with Crippen LogP contribution in [0.25, 0.3) is 0 Å². The average molecular weight is 317 g/mol. The number of nitrogens with zero attached hydrogens (tertiary/aromatic N) is 4. The van der Waals surface area contributed by atoms with E-state index in [9.17, 15) is 0 Å². The fourth-order valence-corrected chi connectivity index (χ4v) is 4.24. The van der Waals surface area contributed by atoms with Gasteiger partial charge in [-0.2, -0.15) is 5.10 Å². The topological polar surface area (TPSA) is 45.5 Å². The Morgan fingerprint density at radius 2 is 1.96 bits per heavy atom. The number of aromatic nitrogens is 2. The van der Waals surface area contributed by atoms with Crippen molar-refractivity contribution in [1.29, 1.82) is 0 Å². The lowest BCUT2D eigenvalue weighted by Gasteiger charge is -2.22. The van der Waals surface area contributed by atoms with Crippen LogP contribution in [0.1, 0.15) is 43.5 Å². The van der Waals surface area contributed by atoms with E-state index in [1.54, 1.807) is 0 Å². The highest BCUT2D eigenvalue weighted by Crippen LogP contribution is 2.35. The number of hydrogen-bond donors (Lipinski definition) is 1. The molecule has 5 nitrogen and oxygen atoms in total. The summed E-state index contributed by atoms with van der Waals surface area (Å²) >= 11 is 0. The summed E-state index contributed by atoms with van der Waals surface area (Å²) in [5, 5.41) is 8.07.